The van der Waals surface area contributed by atoms with Crippen LogP contribution < -0.4 is 5.32 Å². The molecule has 2 amide bonds. The van der Waals surface area contributed by atoms with Crippen LogP contribution in [0.4, 0.5) is 9.59 Å². The van der Waals surface area contributed by atoms with Crippen molar-refractivity contribution in [1.82, 2.24) is 10.2 Å². The lowest BCUT2D eigenvalue weighted by Crippen LogP contribution is -2.51. The molecule has 0 bridgehead atoms. The van der Waals surface area contributed by atoms with Crippen LogP contribution >= 0.6 is 0 Å². The fraction of sp³-hybridized carbons (Fsp3) is 0.500. The molecule has 0 aliphatic carbocycles. The van der Waals surface area contributed by atoms with E-state index in [1.165, 1.54) is 0 Å². The number of carbonyl (C=O) groups excluding carboxylic acids is 2. The van der Waals surface area contributed by atoms with Crippen molar-refractivity contribution < 1.29 is 27.9 Å². The van der Waals surface area contributed by atoms with Gasteiger partial charge in [-0.3, -0.25) is 0 Å². The summed E-state index contributed by atoms with van der Waals surface area (Å²) in [5.41, 5.74) is 2.68. The Labute approximate surface area is 211 Å². The van der Waals surface area contributed by atoms with Gasteiger partial charge < -0.3 is 28.5 Å². The number of hydrogen-bond acceptors (Lipinski definition) is 6. The number of aryl methyl sites for hydroxylation is 1. The predicted octanol–water partition coefficient (Wildman–Crippen LogP) is 6.53. The quantitative estimate of drug-likeness (QED) is 0.417. The van der Waals surface area contributed by atoms with Crippen LogP contribution in [0, 0.1) is 0 Å². The van der Waals surface area contributed by atoms with Gasteiger partial charge in [0, 0.05) is 30.1 Å². The van der Waals surface area contributed by atoms with E-state index in [4.69, 9.17) is 18.3 Å². The normalized spacial score (nSPS) is 16.7. The van der Waals surface area contributed by atoms with Crippen LogP contribution in [0.2, 0.25) is 0 Å². The summed E-state index contributed by atoms with van der Waals surface area (Å²) in [7, 11) is 0. The Hall–Kier alpha value is -3.42. The molecule has 3 heterocycles. The van der Waals surface area contributed by atoms with Crippen molar-refractivity contribution >= 4 is 23.2 Å². The molecule has 4 rings (SSSR count). The topological polar surface area (TPSA) is 94.2 Å². The molecule has 1 fully saturated rings. The smallest absolute Gasteiger partial charge is 0.410 e. The first-order chi connectivity index (χ1) is 17.0. The molecule has 194 valence electrons. The highest BCUT2D eigenvalue weighted by molar-refractivity contribution is 5.86. The molecule has 1 aliphatic heterocycles. The third-order valence-corrected chi connectivity index (χ3v) is 6.24. The number of rotatable bonds is 6. The summed E-state index contributed by atoms with van der Waals surface area (Å²) >= 11 is 0. The Kier molecular flexibility index (Phi) is 7.33. The number of alkyl carbamates (subject to hydrolysis) is 1. The van der Waals surface area contributed by atoms with Gasteiger partial charge in [-0.15, -0.1) is 0 Å². The SMILES string of the molecule is CC(C)(C)OC(=O)N1CCCC(NC(=O)OC(C)(C)CCc2cc(-c3ccoc3)cc3ccoc23)C1. The van der Waals surface area contributed by atoms with Crippen LogP contribution in [0.3, 0.4) is 0 Å². The molecule has 1 saturated heterocycles. The number of carbonyl (C=O) groups is 2. The summed E-state index contributed by atoms with van der Waals surface area (Å²) in [6, 6.07) is 7.87. The van der Waals surface area contributed by atoms with Crippen molar-refractivity contribution in [2.24, 2.45) is 0 Å². The number of furan rings is 2. The zero-order chi connectivity index (χ0) is 25.9. The number of ether oxygens (including phenoxy) is 2. The summed E-state index contributed by atoms with van der Waals surface area (Å²) in [5.74, 6) is 0. The van der Waals surface area contributed by atoms with Crippen molar-refractivity contribution in [2.75, 3.05) is 13.1 Å². The van der Waals surface area contributed by atoms with Gasteiger partial charge in [-0.1, -0.05) is 0 Å². The number of benzene rings is 1. The largest absolute Gasteiger partial charge is 0.472 e. The first-order valence-corrected chi connectivity index (χ1v) is 12.5. The molecule has 2 aromatic heterocycles. The zero-order valence-electron chi connectivity index (χ0n) is 21.8. The fourth-order valence-corrected chi connectivity index (χ4v) is 4.46. The molecule has 0 radical (unpaired) electrons. The molecule has 0 saturated carbocycles. The summed E-state index contributed by atoms with van der Waals surface area (Å²) < 4.78 is 22.3. The number of hydrogen-bond donors (Lipinski definition) is 1. The van der Waals surface area contributed by atoms with Gasteiger partial charge in [-0.05, 0) is 95.7 Å². The summed E-state index contributed by atoms with van der Waals surface area (Å²) in [6.45, 7) is 10.4. The van der Waals surface area contributed by atoms with Gasteiger partial charge in [-0.25, -0.2) is 9.59 Å². The van der Waals surface area contributed by atoms with Crippen LogP contribution in [0.15, 0.2) is 51.9 Å². The van der Waals surface area contributed by atoms with Crippen LogP contribution in [0.25, 0.3) is 22.1 Å². The average Bonchev–Trinajstić information content (AvgIpc) is 3.48. The van der Waals surface area contributed by atoms with Gasteiger partial charge >= 0.3 is 12.2 Å². The highest BCUT2D eigenvalue weighted by atomic mass is 16.6. The second-order valence-electron chi connectivity index (χ2n) is 11.0. The molecule has 8 heteroatoms. The molecule has 0 spiro atoms. The van der Waals surface area contributed by atoms with Crippen molar-refractivity contribution in [3.63, 3.8) is 0 Å². The van der Waals surface area contributed by atoms with Gasteiger partial charge in [0.15, 0.2) is 0 Å². The van der Waals surface area contributed by atoms with Gasteiger partial charge in [0.2, 0.25) is 0 Å². The minimum atomic E-state index is -0.700. The van der Waals surface area contributed by atoms with E-state index in [0.717, 1.165) is 40.5 Å². The number of likely N-dealkylation sites (tertiary alicyclic amines) is 1. The number of piperidine rings is 1. The van der Waals surface area contributed by atoms with E-state index in [1.54, 1.807) is 23.7 Å². The predicted molar refractivity (Wildman–Crippen MR) is 137 cm³/mol. The number of amides is 2. The second kappa shape index (κ2) is 10.3. The first-order valence-electron chi connectivity index (χ1n) is 12.5. The zero-order valence-corrected chi connectivity index (χ0v) is 21.8. The number of nitrogens with one attached hydrogen (secondary N) is 1. The second-order valence-corrected chi connectivity index (χ2v) is 11.0. The standard InChI is InChI=1S/C28H36N2O6/c1-27(2,3)36-26(32)30-12-6-7-23(17-30)29-25(31)35-28(4,5)11-8-19-15-22(21-9-13-33-18-21)16-20-10-14-34-24(19)20/h9-10,13-16,18,23H,6-8,11-12,17H2,1-5H3,(H,29,31). The summed E-state index contributed by atoms with van der Waals surface area (Å²) in [4.78, 5) is 26.8. The van der Waals surface area contributed by atoms with Crippen LogP contribution in [0.1, 0.15) is 59.4 Å². The number of fused-ring (bicyclic) bond motifs is 1. The molecule has 1 aromatic carbocycles. The van der Waals surface area contributed by atoms with E-state index in [9.17, 15) is 9.59 Å². The van der Waals surface area contributed by atoms with E-state index in [1.807, 2.05) is 46.8 Å². The Morgan fingerprint density at radius 2 is 1.89 bits per heavy atom. The molecular formula is C28H36N2O6. The number of nitrogens with zero attached hydrogens (tertiary/aromatic N) is 1. The van der Waals surface area contributed by atoms with Crippen LogP contribution in [-0.4, -0.2) is 47.4 Å². The first kappa shape index (κ1) is 25.7. The molecule has 1 atom stereocenters. The fourth-order valence-electron chi connectivity index (χ4n) is 4.46. The third kappa shape index (κ3) is 6.62. The van der Waals surface area contributed by atoms with Crippen molar-refractivity contribution in [3.05, 3.63) is 48.6 Å². The Morgan fingerprint density at radius 3 is 2.61 bits per heavy atom. The average molecular weight is 497 g/mol. The van der Waals surface area contributed by atoms with Gasteiger partial charge in [0.25, 0.3) is 0 Å². The van der Waals surface area contributed by atoms with E-state index in [-0.39, 0.29) is 12.1 Å². The lowest BCUT2D eigenvalue weighted by molar-refractivity contribution is 0.0135. The van der Waals surface area contributed by atoms with Crippen LogP contribution in [-0.2, 0) is 15.9 Å². The highest BCUT2D eigenvalue weighted by Crippen LogP contribution is 2.31. The highest BCUT2D eigenvalue weighted by Gasteiger charge is 2.30. The van der Waals surface area contributed by atoms with E-state index in [2.05, 4.69) is 17.4 Å². The maximum Gasteiger partial charge on any atom is 0.410 e. The monoisotopic (exact) mass is 496 g/mol. The summed E-state index contributed by atoms with van der Waals surface area (Å²) in [6.07, 6.45) is 7.08. The maximum absolute atomic E-state index is 12.7. The third-order valence-electron chi connectivity index (χ3n) is 6.24. The minimum absolute atomic E-state index is 0.177. The van der Waals surface area contributed by atoms with E-state index >= 15 is 0 Å². The minimum Gasteiger partial charge on any atom is -0.472 e. The molecule has 36 heavy (non-hydrogen) atoms. The molecule has 1 N–H and O–H groups in total. The molecule has 8 nitrogen and oxygen atoms in total. The molecule has 1 unspecified atom stereocenters. The lowest BCUT2D eigenvalue weighted by atomic mass is 9.95. The Balaban J connectivity index is 1.34. The van der Waals surface area contributed by atoms with Gasteiger partial charge in [0.1, 0.15) is 16.8 Å². The maximum atomic E-state index is 12.7. The van der Waals surface area contributed by atoms with Crippen molar-refractivity contribution in [1.29, 1.82) is 0 Å². The van der Waals surface area contributed by atoms with Gasteiger partial charge in [0.05, 0.1) is 18.8 Å². The van der Waals surface area contributed by atoms with Crippen molar-refractivity contribution in [2.45, 2.75) is 77.5 Å². The van der Waals surface area contributed by atoms with Crippen molar-refractivity contribution in [3.8, 4) is 11.1 Å². The summed E-state index contributed by atoms with van der Waals surface area (Å²) in [5, 5.41) is 3.95. The molecular weight excluding hydrogens is 460 g/mol. The lowest BCUT2D eigenvalue weighted by Gasteiger charge is -2.35. The Morgan fingerprint density at radius 1 is 1.08 bits per heavy atom. The molecule has 3 aromatic rings. The van der Waals surface area contributed by atoms with E-state index < -0.39 is 17.3 Å². The van der Waals surface area contributed by atoms with E-state index in [0.29, 0.717) is 25.9 Å². The Bertz CT molecular complexity index is 1190. The molecule has 1 aliphatic rings. The van der Waals surface area contributed by atoms with Crippen LogP contribution in [0.5, 0.6) is 0 Å². The van der Waals surface area contributed by atoms with Gasteiger partial charge in [-0.2, -0.15) is 0 Å².